The molecule has 164 valence electrons. The fraction of sp³-hybridized carbons (Fsp3) is 0.304. The van der Waals surface area contributed by atoms with E-state index in [4.69, 9.17) is 14.6 Å². The number of carbonyl (C=O) groups excluding carboxylic acids is 2. The molecule has 1 heterocycles. The zero-order valence-electron chi connectivity index (χ0n) is 17.1. The van der Waals surface area contributed by atoms with E-state index in [0.29, 0.717) is 17.9 Å². The normalized spacial score (nSPS) is 17.9. The predicted octanol–water partition coefficient (Wildman–Crippen LogP) is 2.66. The van der Waals surface area contributed by atoms with Crippen LogP contribution in [0.5, 0.6) is 5.75 Å². The summed E-state index contributed by atoms with van der Waals surface area (Å²) in [4.78, 5) is 26.8. The molecule has 2 aromatic rings. The summed E-state index contributed by atoms with van der Waals surface area (Å²) in [6.45, 7) is 2.23. The molecule has 3 rings (SSSR count). The molecule has 0 spiro atoms. The van der Waals surface area contributed by atoms with E-state index < -0.39 is 29.3 Å². The van der Waals surface area contributed by atoms with Crippen LogP contribution < -0.4 is 4.74 Å². The summed E-state index contributed by atoms with van der Waals surface area (Å²) < 4.78 is 25.3. The average molecular weight is 429 g/mol. The molecule has 1 atom stereocenters. The number of Topliss-reactive ketones (excluding diaryl/α,β-unsaturated/α-hetero) is 1. The van der Waals surface area contributed by atoms with Crippen molar-refractivity contribution in [3.05, 3.63) is 71.0 Å². The van der Waals surface area contributed by atoms with Crippen LogP contribution in [0, 0.1) is 5.82 Å². The molecule has 2 aromatic carbocycles. The number of amides is 1. The lowest BCUT2D eigenvalue weighted by Gasteiger charge is -2.25. The highest BCUT2D eigenvalue weighted by Crippen LogP contribution is 2.40. The van der Waals surface area contributed by atoms with E-state index >= 15 is 0 Å². The van der Waals surface area contributed by atoms with Crippen molar-refractivity contribution >= 4 is 17.4 Å². The Morgan fingerprint density at radius 1 is 1.10 bits per heavy atom. The van der Waals surface area contributed by atoms with E-state index in [2.05, 4.69) is 0 Å². The average Bonchev–Trinajstić information content (AvgIpc) is 3.02. The van der Waals surface area contributed by atoms with Gasteiger partial charge in [0, 0.05) is 17.7 Å². The third kappa shape index (κ3) is 4.76. The van der Waals surface area contributed by atoms with Crippen LogP contribution in [0.25, 0.3) is 5.76 Å². The highest BCUT2D eigenvalue weighted by molar-refractivity contribution is 6.46. The summed E-state index contributed by atoms with van der Waals surface area (Å²) in [6, 6.07) is 11.1. The number of ether oxygens (including phenoxy) is 2. The monoisotopic (exact) mass is 429 g/mol. The third-order valence-corrected chi connectivity index (χ3v) is 4.89. The van der Waals surface area contributed by atoms with E-state index in [1.807, 2.05) is 6.92 Å². The van der Waals surface area contributed by atoms with Crippen LogP contribution >= 0.6 is 0 Å². The van der Waals surface area contributed by atoms with Gasteiger partial charge in [-0.15, -0.1) is 0 Å². The first-order chi connectivity index (χ1) is 15.0. The van der Waals surface area contributed by atoms with Gasteiger partial charge >= 0.3 is 0 Å². The summed E-state index contributed by atoms with van der Waals surface area (Å²) in [7, 11) is 0. The van der Waals surface area contributed by atoms with Crippen LogP contribution in [0.1, 0.15) is 24.1 Å². The van der Waals surface area contributed by atoms with Crippen molar-refractivity contribution in [1.29, 1.82) is 0 Å². The number of nitrogens with zero attached hydrogens (tertiary/aromatic N) is 1. The van der Waals surface area contributed by atoms with Crippen molar-refractivity contribution in [3.63, 3.8) is 0 Å². The summed E-state index contributed by atoms with van der Waals surface area (Å²) in [5.74, 6) is -2.16. The van der Waals surface area contributed by atoms with E-state index in [9.17, 15) is 19.1 Å². The standard InChI is InChI=1S/C23H24FNO6/c1-2-31-16-9-7-15(8-10-16)21(27)19-20(17-5-3-4-6-18(17)24)25(23(29)22(19)28)11-13-30-14-12-26/h3-10,20,26-27H,2,11-14H2,1H3/t20-/m1/s1. The Hall–Kier alpha value is -3.23. The highest BCUT2D eigenvalue weighted by Gasteiger charge is 2.46. The zero-order valence-corrected chi connectivity index (χ0v) is 17.1. The number of hydrogen-bond acceptors (Lipinski definition) is 6. The number of aliphatic hydroxyl groups excluding tert-OH is 2. The number of rotatable bonds is 9. The fourth-order valence-electron chi connectivity index (χ4n) is 3.49. The van der Waals surface area contributed by atoms with Crippen molar-refractivity contribution in [2.24, 2.45) is 0 Å². The van der Waals surface area contributed by atoms with Crippen molar-refractivity contribution in [2.45, 2.75) is 13.0 Å². The third-order valence-electron chi connectivity index (χ3n) is 4.89. The maximum absolute atomic E-state index is 14.7. The van der Waals surface area contributed by atoms with E-state index in [1.54, 1.807) is 30.3 Å². The number of benzene rings is 2. The molecule has 7 nitrogen and oxygen atoms in total. The lowest BCUT2D eigenvalue weighted by molar-refractivity contribution is -0.140. The van der Waals surface area contributed by atoms with Gasteiger partial charge in [0.05, 0.1) is 38.0 Å². The first kappa shape index (κ1) is 22.5. The van der Waals surface area contributed by atoms with Gasteiger partial charge in [-0.3, -0.25) is 9.59 Å². The molecule has 0 aliphatic carbocycles. The van der Waals surface area contributed by atoms with Crippen LogP contribution in [-0.4, -0.2) is 59.8 Å². The molecular formula is C23H24FNO6. The second-order valence-corrected chi connectivity index (χ2v) is 6.81. The molecule has 0 radical (unpaired) electrons. The molecule has 0 bridgehead atoms. The second kappa shape index (κ2) is 10.2. The summed E-state index contributed by atoms with van der Waals surface area (Å²) >= 11 is 0. The van der Waals surface area contributed by atoms with Gasteiger partial charge in [0.2, 0.25) is 0 Å². The van der Waals surface area contributed by atoms with E-state index in [-0.39, 0.29) is 37.5 Å². The quantitative estimate of drug-likeness (QED) is 0.275. The van der Waals surface area contributed by atoms with Gasteiger partial charge in [0.25, 0.3) is 11.7 Å². The number of carbonyl (C=O) groups is 2. The van der Waals surface area contributed by atoms with Crippen LogP contribution in [0.15, 0.2) is 54.1 Å². The Kier molecular flexibility index (Phi) is 7.38. The molecule has 1 aliphatic rings. The maximum Gasteiger partial charge on any atom is 0.295 e. The molecule has 1 aliphatic heterocycles. The molecule has 0 saturated carbocycles. The first-order valence-corrected chi connectivity index (χ1v) is 9.94. The summed E-state index contributed by atoms with van der Waals surface area (Å²) in [6.07, 6.45) is 0. The van der Waals surface area contributed by atoms with Crippen LogP contribution in [0.4, 0.5) is 4.39 Å². The maximum atomic E-state index is 14.7. The lowest BCUT2D eigenvalue weighted by atomic mass is 9.95. The van der Waals surface area contributed by atoms with Crippen molar-refractivity contribution in [3.8, 4) is 5.75 Å². The first-order valence-electron chi connectivity index (χ1n) is 9.94. The molecule has 0 unspecified atom stereocenters. The van der Waals surface area contributed by atoms with Crippen LogP contribution in [-0.2, 0) is 14.3 Å². The number of aliphatic hydroxyl groups is 2. The van der Waals surface area contributed by atoms with Crippen LogP contribution in [0.2, 0.25) is 0 Å². The second-order valence-electron chi connectivity index (χ2n) is 6.81. The topological polar surface area (TPSA) is 96.3 Å². The van der Waals surface area contributed by atoms with Crippen LogP contribution in [0.3, 0.4) is 0 Å². The number of likely N-dealkylation sites (tertiary alicyclic amines) is 1. The van der Waals surface area contributed by atoms with Crippen molar-refractivity contribution in [2.75, 3.05) is 33.0 Å². The number of ketones is 1. The zero-order chi connectivity index (χ0) is 22.4. The van der Waals surface area contributed by atoms with Crippen molar-refractivity contribution in [1.82, 2.24) is 4.90 Å². The predicted molar refractivity (Wildman–Crippen MR) is 111 cm³/mol. The fourth-order valence-corrected chi connectivity index (χ4v) is 3.49. The number of halogens is 1. The molecular weight excluding hydrogens is 405 g/mol. The molecule has 1 amide bonds. The molecule has 1 saturated heterocycles. The smallest absolute Gasteiger partial charge is 0.295 e. The SMILES string of the molecule is CCOc1ccc(C(O)=C2C(=O)C(=O)N(CCOCCO)[C@@H]2c2ccccc2F)cc1. The highest BCUT2D eigenvalue weighted by atomic mass is 19.1. The van der Waals surface area contributed by atoms with Gasteiger partial charge in [0.15, 0.2) is 0 Å². The molecule has 2 N–H and O–H groups in total. The van der Waals surface area contributed by atoms with Gasteiger partial charge in [-0.05, 0) is 37.3 Å². The van der Waals surface area contributed by atoms with Gasteiger partial charge in [-0.2, -0.15) is 0 Å². The Bertz CT molecular complexity index is 972. The Morgan fingerprint density at radius 2 is 1.81 bits per heavy atom. The molecule has 1 fully saturated rings. The van der Waals surface area contributed by atoms with Gasteiger partial charge in [0.1, 0.15) is 17.3 Å². The van der Waals surface area contributed by atoms with Crippen molar-refractivity contribution < 1.29 is 33.7 Å². The summed E-state index contributed by atoms with van der Waals surface area (Å²) in [5, 5.41) is 19.8. The minimum atomic E-state index is -1.11. The number of hydrogen-bond donors (Lipinski definition) is 2. The summed E-state index contributed by atoms with van der Waals surface area (Å²) in [5.41, 5.74) is 0.206. The Labute approximate surface area is 179 Å². The molecule has 31 heavy (non-hydrogen) atoms. The lowest BCUT2D eigenvalue weighted by Crippen LogP contribution is -2.33. The molecule has 0 aromatic heterocycles. The minimum Gasteiger partial charge on any atom is -0.507 e. The minimum absolute atomic E-state index is 0.0103. The van der Waals surface area contributed by atoms with Gasteiger partial charge in [-0.1, -0.05) is 18.2 Å². The molecule has 8 heteroatoms. The van der Waals surface area contributed by atoms with Gasteiger partial charge < -0.3 is 24.6 Å². The Morgan fingerprint density at radius 3 is 2.45 bits per heavy atom. The largest absolute Gasteiger partial charge is 0.507 e. The van der Waals surface area contributed by atoms with Gasteiger partial charge in [-0.25, -0.2) is 4.39 Å². The Balaban J connectivity index is 2.05. The van der Waals surface area contributed by atoms with E-state index in [0.717, 1.165) is 0 Å². The van der Waals surface area contributed by atoms with E-state index in [1.165, 1.54) is 23.1 Å².